The lowest BCUT2D eigenvalue weighted by Crippen LogP contribution is -2.49. The van der Waals surface area contributed by atoms with Crippen molar-refractivity contribution in [1.29, 1.82) is 0 Å². The Hall–Kier alpha value is -2.34. The van der Waals surface area contributed by atoms with Crippen molar-refractivity contribution in [2.45, 2.75) is 24.5 Å². The van der Waals surface area contributed by atoms with Gasteiger partial charge in [0.15, 0.2) is 11.5 Å². The minimum absolute atomic E-state index is 0.130. The number of halogens is 1. The number of carbonyl (C=O) groups excluding carboxylic acids is 1. The first-order valence-electron chi connectivity index (χ1n) is 8.04. The molecule has 2 atom stereocenters. The van der Waals surface area contributed by atoms with Crippen LogP contribution in [-0.2, 0) is 15.9 Å². The molecule has 2 aromatic rings. The number of carbonyl (C=O) groups is 1. The molecule has 2 N–H and O–H groups in total. The monoisotopic (exact) mass is 399 g/mol. The summed E-state index contributed by atoms with van der Waals surface area (Å²) in [6, 6.07) is 15.6. The molecule has 6 heteroatoms. The van der Waals surface area contributed by atoms with Gasteiger partial charge in [0.25, 0.3) is 5.91 Å². The summed E-state index contributed by atoms with van der Waals surface area (Å²) >= 11 is 3.48. The van der Waals surface area contributed by atoms with Crippen LogP contribution in [0.2, 0.25) is 0 Å². The van der Waals surface area contributed by atoms with E-state index in [1.54, 1.807) is 7.05 Å². The van der Waals surface area contributed by atoms with Crippen molar-refractivity contribution in [2.75, 3.05) is 7.05 Å². The zero-order chi connectivity index (χ0) is 17.8. The Kier molecular flexibility index (Phi) is 3.44. The SMILES string of the molecule is CN1C(=O)C2(CC(C)(c3ccccc3)Oc3ccc(Br)cc32)N=C1N. The average molecular weight is 400 g/mol. The van der Waals surface area contributed by atoms with Crippen LogP contribution in [0.3, 0.4) is 0 Å². The largest absolute Gasteiger partial charge is 0.482 e. The van der Waals surface area contributed by atoms with Crippen LogP contribution in [0.25, 0.3) is 0 Å². The molecular formula is C19H18BrN3O2. The molecule has 2 heterocycles. The number of benzene rings is 2. The number of aliphatic imine (C=N–C) groups is 1. The highest BCUT2D eigenvalue weighted by Crippen LogP contribution is 2.52. The van der Waals surface area contributed by atoms with Crippen molar-refractivity contribution in [3.63, 3.8) is 0 Å². The maximum Gasteiger partial charge on any atom is 0.261 e. The van der Waals surface area contributed by atoms with E-state index < -0.39 is 11.1 Å². The number of guanidine groups is 1. The maximum atomic E-state index is 13.1. The molecule has 2 unspecified atom stereocenters. The van der Waals surface area contributed by atoms with Gasteiger partial charge in [-0.2, -0.15) is 0 Å². The van der Waals surface area contributed by atoms with E-state index in [9.17, 15) is 4.79 Å². The zero-order valence-corrected chi connectivity index (χ0v) is 15.6. The van der Waals surface area contributed by atoms with Crippen molar-refractivity contribution in [3.05, 3.63) is 64.1 Å². The van der Waals surface area contributed by atoms with Gasteiger partial charge in [0.1, 0.15) is 11.4 Å². The van der Waals surface area contributed by atoms with Gasteiger partial charge >= 0.3 is 0 Å². The fraction of sp³-hybridized carbons (Fsp3) is 0.263. The quantitative estimate of drug-likeness (QED) is 0.800. The number of ether oxygens (including phenoxy) is 1. The fourth-order valence-corrected chi connectivity index (χ4v) is 4.08. The van der Waals surface area contributed by atoms with E-state index in [1.807, 2.05) is 55.5 Å². The van der Waals surface area contributed by atoms with Crippen LogP contribution in [0.5, 0.6) is 5.75 Å². The predicted molar refractivity (Wildman–Crippen MR) is 99.3 cm³/mol. The second-order valence-corrected chi connectivity index (χ2v) is 7.63. The Morgan fingerprint density at radius 3 is 2.60 bits per heavy atom. The second kappa shape index (κ2) is 5.33. The van der Waals surface area contributed by atoms with Crippen LogP contribution in [0, 0.1) is 0 Å². The Morgan fingerprint density at radius 1 is 1.24 bits per heavy atom. The second-order valence-electron chi connectivity index (χ2n) is 6.71. The third-order valence-electron chi connectivity index (χ3n) is 5.01. The third kappa shape index (κ3) is 2.28. The van der Waals surface area contributed by atoms with Gasteiger partial charge in [0, 0.05) is 23.5 Å². The van der Waals surface area contributed by atoms with Crippen molar-refractivity contribution in [3.8, 4) is 5.75 Å². The third-order valence-corrected chi connectivity index (χ3v) is 5.50. The number of hydrogen-bond donors (Lipinski definition) is 1. The normalized spacial score (nSPS) is 27.9. The molecule has 4 rings (SSSR count). The molecule has 0 aromatic heterocycles. The van der Waals surface area contributed by atoms with Crippen molar-refractivity contribution < 1.29 is 9.53 Å². The van der Waals surface area contributed by atoms with Crippen molar-refractivity contribution in [1.82, 2.24) is 4.90 Å². The summed E-state index contributed by atoms with van der Waals surface area (Å²) in [4.78, 5) is 19.2. The van der Waals surface area contributed by atoms with Crippen LogP contribution in [0.1, 0.15) is 24.5 Å². The lowest BCUT2D eigenvalue weighted by molar-refractivity contribution is -0.134. The van der Waals surface area contributed by atoms with E-state index in [-0.39, 0.29) is 11.9 Å². The van der Waals surface area contributed by atoms with Crippen LogP contribution in [-0.4, -0.2) is 23.8 Å². The van der Waals surface area contributed by atoms with Gasteiger partial charge in [-0.25, -0.2) is 4.99 Å². The summed E-state index contributed by atoms with van der Waals surface area (Å²) in [5.41, 5.74) is 5.99. The van der Waals surface area contributed by atoms with Crippen LogP contribution >= 0.6 is 15.9 Å². The van der Waals surface area contributed by atoms with Crippen LogP contribution in [0.15, 0.2) is 58.0 Å². The van der Waals surface area contributed by atoms with E-state index in [0.717, 1.165) is 15.6 Å². The molecule has 0 aliphatic carbocycles. The molecule has 128 valence electrons. The number of nitrogens with zero attached hydrogens (tertiary/aromatic N) is 2. The van der Waals surface area contributed by atoms with Gasteiger partial charge in [0.05, 0.1) is 0 Å². The molecule has 0 saturated carbocycles. The number of likely N-dealkylation sites (N-methyl/N-ethyl adjacent to an activating group) is 1. The van der Waals surface area contributed by atoms with Gasteiger partial charge in [-0.05, 0) is 30.7 Å². The van der Waals surface area contributed by atoms with Gasteiger partial charge in [-0.15, -0.1) is 0 Å². The number of rotatable bonds is 1. The zero-order valence-electron chi connectivity index (χ0n) is 14.0. The van der Waals surface area contributed by atoms with E-state index in [0.29, 0.717) is 12.2 Å². The summed E-state index contributed by atoms with van der Waals surface area (Å²) in [7, 11) is 1.66. The summed E-state index contributed by atoms with van der Waals surface area (Å²) in [5.74, 6) is 0.754. The first-order chi connectivity index (χ1) is 11.9. The topological polar surface area (TPSA) is 67.9 Å². The van der Waals surface area contributed by atoms with Gasteiger partial charge in [0.2, 0.25) is 0 Å². The molecule has 5 nitrogen and oxygen atoms in total. The molecule has 2 aliphatic rings. The molecule has 0 saturated heterocycles. The standard InChI is InChI=1S/C19H18BrN3O2/c1-18(12-6-4-3-5-7-12)11-19(16(24)23(2)17(21)22-19)14-10-13(20)8-9-15(14)25-18/h3-10H,11H2,1-2H3,(H2,21,22). The molecule has 0 fully saturated rings. The molecule has 1 amide bonds. The Bertz CT molecular complexity index is 899. The minimum atomic E-state index is -1.07. The van der Waals surface area contributed by atoms with E-state index in [2.05, 4.69) is 20.9 Å². The Balaban J connectivity index is 1.95. The highest BCUT2D eigenvalue weighted by atomic mass is 79.9. The van der Waals surface area contributed by atoms with Gasteiger partial charge in [-0.1, -0.05) is 46.3 Å². The van der Waals surface area contributed by atoms with Crippen LogP contribution < -0.4 is 10.5 Å². The molecule has 2 aromatic carbocycles. The van der Waals surface area contributed by atoms with Crippen molar-refractivity contribution in [2.24, 2.45) is 10.7 Å². The summed E-state index contributed by atoms with van der Waals surface area (Å²) < 4.78 is 7.23. The van der Waals surface area contributed by atoms with Crippen molar-refractivity contribution >= 4 is 27.8 Å². The smallest absolute Gasteiger partial charge is 0.261 e. The highest BCUT2D eigenvalue weighted by molar-refractivity contribution is 9.10. The average Bonchev–Trinajstić information content (AvgIpc) is 2.81. The van der Waals surface area contributed by atoms with E-state index >= 15 is 0 Å². The number of amides is 1. The molecule has 0 bridgehead atoms. The number of hydrogen-bond acceptors (Lipinski definition) is 4. The molecule has 1 spiro atoms. The lowest BCUT2D eigenvalue weighted by Gasteiger charge is -2.43. The van der Waals surface area contributed by atoms with E-state index in [4.69, 9.17) is 10.5 Å². The minimum Gasteiger partial charge on any atom is -0.482 e. The van der Waals surface area contributed by atoms with E-state index in [1.165, 1.54) is 4.90 Å². The number of fused-ring (bicyclic) bond motifs is 2. The van der Waals surface area contributed by atoms with Crippen LogP contribution in [0.4, 0.5) is 0 Å². The Morgan fingerprint density at radius 2 is 1.96 bits per heavy atom. The molecule has 25 heavy (non-hydrogen) atoms. The summed E-state index contributed by atoms with van der Waals surface area (Å²) in [5, 5.41) is 0. The summed E-state index contributed by atoms with van der Waals surface area (Å²) in [6.45, 7) is 1.99. The Labute approximate surface area is 154 Å². The van der Waals surface area contributed by atoms with Gasteiger partial charge < -0.3 is 10.5 Å². The predicted octanol–water partition coefficient (Wildman–Crippen LogP) is 3.13. The first kappa shape index (κ1) is 16.1. The molecular weight excluding hydrogens is 382 g/mol. The summed E-state index contributed by atoms with van der Waals surface area (Å²) in [6.07, 6.45) is 0.386. The van der Waals surface area contributed by atoms with Gasteiger partial charge in [-0.3, -0.25) is 9.69 Å². The fourth-order valence-electron chi connectivity index (χ4n) is 3.72. The molecule has 0 radical (unpaired) electrons. The highest BCUT2D eigenvalue weighted by Gasteiger charge is 2.57. The lowest BCUT2D eigenvalue weighted by atomic mass is 9.74. The number of nitrogens with two attached hydrogens (primary N) is 1. The maximum absolute atomic E-state index is 13.1. The first-order valence-corrected chi connectivity index (χ1v) is 8.83. The molecule has 2 aliphatic heterocycles.